The Labute approximate surface area is 223 Å². The predicted octanol–water partition coefficient (Wildman–Crippen LogP) is 8.48. The summed E-state index contributed by atoms with van der Waals surface area (Å²) in [6.45, 7) is 0. The highest BCUT2D eigenvalue weighted by atomic mass is 32.2. The minimum absolute atomic E-state index is 0.326. The molecular weight excluding hydrogens is 486 g/mol. The van der Waals surface area contributed by atoms with Crippen LogP contribution in [0.2, 0.25) is 0 Å². The highest BCUT2D eigenvalue weighted by molar-refractivity contribution is 7.99. The summed E-state index contributed by atoms with van der Waals surface area (Å²) >= 11 is 1.73. The molecule has 38 heavy (non-hydrogen) atoms. The lowest BCUT2D eigenvalue weighted by molar-refractivity contribution is 0.454. The topological polar surface area (TPSA) is 46.0 Å². The summed E-state index contributed by atoms with van der Waals surface area (Å²) in [5, 5.41) is 10.8. The molecule has 2 aliphatic heterocycles. The molecule has 0 spiro atoms. The zero-order chi connectivity index (χ0) is 25.1. The number of nitrogens with zero attached hydrogens (tertiary/aromatic N) is 2. The minimum Gasteiger partial charge on any atom is -0.455 e. The molecule has 6 aromatic rings. The van der Waals surface area contributed by atoms with Gasteiger partial charge in [0.1, 0.15) is 17.3 Å². The van der Waals surface area contributed by atoms with Gasteiger partial charge in [0.2, 0.25) is 0 Å². The van der Waals surface area contributed by atoms with Crippen LogP contribution < -0.4 is 10.1 Å². The quantitative estimate of drug-likeness (QED) is 0.239. The van der Waals surface area contributed by atoms with E-state index in [0.717, 1.165) is 38.3 Å². The van der Waals surface area contributed by atoms with E-state index in [1.54, 1.807) is 18.1 Å². The van der Waals surface area contributed by atoms with E-state index in [1.807, 2.05) is 18.2 Å². The van der Waals surface area contributed by atoms with Gasteiger partial charge >= 0.3 is 0 Å². The molecule has 8 rings (SSSR count). The van der Waals surface area contributed by atoms with Crippen LogP contribution in [-0.2, 0) is 0 Å². The number of aliphatic imine (C=N–C) groups is 2. The van der Waals surface area contributed by atoms with Gasteiger partial charge in [-0.2, -0.15) is 0 Å². The van der Waals surface area contributed by atoms with Crippen molar-refractivity contribution in [3.05, 3.63) is 120 Å². The lowest BCUT2D eigenvalue weighted by atomic mass is 9.93. The highest BCUT2D eigenvalue weighted by Crippen LogP contribution is 2.47. The molecule has 0 fully saturated rings. The maximum atomic E-state index is 6.21. The van der Waals surface area contributed by atoms with Crippen LogP contribution in [0.15, 0.2) is 129 Å². The van der Waals surface area contributed by atoms with E-state index in [0.29, 0.717) is 0 Å². The van der Waals surface area contributed by atoms with Crippen LogP contribution in [0.5, 0.6) is 11.5 Å². The van der Waals surface area contributed by atoms with Crippen LogP contribution in [0.25, 0.3) is 32.3 Å². The fourth-order valence-corrected chi connectivity index (χ4v) is 6.37. The zero-order valence-corrected chi connectivity index (χ0v) is 21.1. The molecule has 1 N–H and O–H groups in total. The summed E-state index contributed by atoms with van der Waals surface area (Å²) < 4.78 is 6.21. The van der Waals surface area contributed by atoms with E-state index < -0.39 is 0 Å². The third-order valence-electron chi connectivity index (χ3n) is 7.24. The van der Waals surface area contributed by atoms with Crippen molar-refractivity contribution in [2.24, 2.45) is 9.98 Å². The lowest BCUT2D eigenvalue weighted by Gasteiger charge is -2.21. The van der Waals surface area contributed by atoms with Crippen LogP contribution in [-0.4, -0.2) is 12.2 Å². The van der Waals surface area contributed by atoms with Gasteiger partial charge in [-0.05, 0) is 74.3 Å². The Hall–Kier alpha value is -4.61. The summed E-state index contributed by atoms with van der Waals surface area (Å²) in [6, 6.07) is 38.2. The second-order valence-corrected chi connectivity index (χ2v) is 10.6. The molecule has 0 saturated heterocycles. The average molecular weight is 508 g/mol. The van der Waals surface area contributed by atoms with Crippen molar-refractivity contribution in [1.82, 2.24) is 5.32 Å². The number of para-hydroxylation sites is 1. The van der Waals surface area contributed by atoms with E-state index in [1.165, 1.54) is 32.3 Å². The van der Waals surface area contributed by atoms with Crippen LogP contribution in [0.3, 0.4) is 0 Å². The molecule has 180 valence electrons. The Bertz CT molecular complexity index is 1940. The van der Waals surface area contributed by atoms with Gasteiger partial charge in [-0.1, -0.05) is 84.6 Å². The monoisotopic (exact) mass is 507 g/mol. The molecule has 0 radical (unpaired) electrons. The van der Waals surface area contributed by atoms with Crippen molar-refractivity contribution in [2.45, 2.75) is 16.0 Å². The first-order valence-corrected chi connectivity index (χ1v) is 13.4. The first-order valence-electron chi connectivity index (χ1n) is 12.6. The van der Waals surface area contributed by atoms with Crippen molar-refractivity contribution in [1.29, 1.82) is 0 Å². The van der Waals surface area contributed by atoms with Crippen molar-refractivity contribution in [3.8, 4) is 11.5 Å². The van der Waals surface area contributed by atoms with Gasteiger partial charge in [0.05, 0.1) is 16.1 Å². The van der Waals surface area contributed by atoms with Gasteiger partial charge in [0, 0.05) is 5.56 Å². The van der Waals surface area contributed by atoms with Gasteiger partial charge in [-0.25, -0.2) is 9.98 Å². The van der Waals surface area contributed by atoms with Crippen LogP contribution >= 0.6 is 11.8 Å². The van der Waals surface area contributed by atoms with Gasteiger partial charge < -0.3 is 10.1 Å². The number of nitrogens with one attached hydrogen (secondary N) is 1. The molecular formula is C33H21N3OS. The van der Waals surface area contributed by atoms with Crippen LogP contribution in [0, 0.1) is 0 Å². The number of ether oxygens (including phenoxy) is 1. The second kappa shape index (κ2) is 8.47. The van der Waals surface area contributed by atoms with Crippen molar-refractivity contribution < 1.29 is 4.74 Å². The fraction of sp³-hybridized carbons (Fsp3) is 0.0303. The second-order valence-electron chi connectivity index (χ2n) is 9.48. The molecule has 0 aromatic heterocycles. The molecule has 2 aliphatic rings. The largest absolute Gasteiger partial charge is 0.455 e. The SMILES string of the molecule is C1=NC(c2ccc3c4ccccc4c4ccccc4c3c2)N=C(c2ccc3c(c2)Oc2ccccc2S3)N1. The molecule has 0 saturated carbocycles. The molecule has 6 aromatic carbocycles. The molecule has 1 atom stereocenters. The van der Waals surface area contributed by atoms with E-state index in [9.17, 15) is 0 Å². The number of rotatable bonds is 2. The van der Waals surface area contributed by atoms with Crippen molar-refractivity contribution in [2.75, 3.05) is 0 Å². The van der Waals surface area contributed by atoms with E-state index in [-0.39, 0.29) is 6.17 Å². The third kappa shape index (κ3) is 3.40. The number of benzene rings is 6. The predicted molar refractivity (Wildman–Crippen MR) is 157 cm³/mol. The molecule has 2 heterocycles. The lowest BCUT2D eigenvalue weighted by Crippen LogP contribution is -2.27. The Morgan fingerprint density at radius 3 is 2.05 bits per heavy atom. The highest BCUT2D eigenvalue weighted by Gasteiger charge is 2.21. The van der Waals surface area contributed by atoms with Crippen molar-refractivity contribution >= 4 is 56.3 Å². The number of hydrogen-bond acceptors (Lipinski definition) is 5. The van der Waals surface area contributed by atoms with Gasteiger partial charge in [0.15, 0.2) is 6.17 Å². The molecule has 0 amide bonds. The fourth-order valence-electron chi connectivity index (χ4n) is 5.44. The minimum atomic E-state index is -0.326. The average Bonchev–Trinajstić information content (AvgIpc) is 2.99. The molecule has 4 nitrogen and oxygen atoms in total. The summed E-state index contributed by atoms with van der Waals surface area (Å²) in [7, 11) is 0. The van der Waals surface area contributed by atoms with E-state index >= 15 is 0 Å². The summed E-state index contributed by atoms with van der Waals surface area (Å²) in [4.78, 5) is 11.9. The summed E-state index contributed by atoms with van der Waals surface area (Å²) in [6.07, 6.45) is 1.42. The first kappa shape index (κ1) is 21.5. The van der Waals surface area contributed by atoms with Crippen molar-refractivity contribution in [3.63, 3.8) is 0 Å². The standard InChI is InChI=1S/C33H21N3OS/c1-2-9-24-22(7-1)23-8-3-4-10-25(23)27-17-20(13-15-26(24)27)32-34-19-35-33(36-32)21-14-16-31-29(18-21)37-28-11-5-6-12-30(28)38-31/h1-19,32H,(H,34,35,36). The number of amidine groups is 1. The van der Waals surface area contributed by atoms with Crippen LogP contribution in [0.1, 0.15) is 17.3 Å². The smallest absolute Gasteiger partial charge is 0.169 e. The van der Waals surface area contributed by atoms with Gasteiger partial charge in [-0.15, -0.1) is 0 Å². The Morgan fingerprint density at radius 1 is 0.605 bits per heavy atom. The molecule has 5 heteroatoms. The normalized spacial score (nSPS) is 16.0. The Balaban J connectivity index is 1.20. The van der Waals surface area contributed by atoms with Crippen LogP contribution in [0.4, 0.5) is 0 Å². The molecule has 0 bridgehead atoms. The maximum Gasteiger partial charge on any atom is 0.169 e. The Kier molecular flexibility index (Phi) is 4.79. The third-order valence-corrected chi connectivity index (χ3v) is 8.36. The van der Waals surface area contributed by atoms with E-state index in [4.69, 9.17) is 9.73 Å². The first-order chi connectivity index (χ1) is 18.8. The number of fused-ring (bicyclic) bond motifs is 8. The summed E-state index contributed by atoms with van der Waals surface area (Å²) in [5.74, 6) is 2.51. The maximum absolute atomic E-state index is 6.21. The van der Waals surface area contributed by atoms with Gasteiger partial charge in [-0.3, -0.25) is 0 Å². The molecule has 0 aliphatic carbocycles. The molecule has 1 unspecified atom stereocenters. The Morgan fingerprint density at radius 2 is 1.26 bits per heavy atom. The van der Waals surface area contributed by atoms with E-state index in [2.05, 4.69) is 101 Å². The number of hydrogen-bond donors (Lipinski definition) is 1. The van der Waals surface area contributed by atoms with Gasteiger partial charge in [0.25, 0.3) is 0 Å². The summed E-state index contributed by atoms with van der Waals surface area (Å²) in [5.41, 5.74) is 2.03. The zero-order valence-electron chi connectivity index (χ0n) is 20.3.